The van der Waals surface area contributed by atoms with Crippen molar-refractivity contribution in [3.8, 4) is 22.3 Å². The normalized spacial score (nSPS) is 12.1. The van der Waals surface area contributed by atoms with E-state index in [-0.39, 0.29) is 0 Å². The fraction of sp³-hybridized carbons (Fsp3) is 0. The third-order valence-corrected chi connectivity index (χ3v) is 15.5. The third-order valence-electron chi connectivity index (χ3n) is 11.9. The summed E-state index contributed by atoms with van der Waals surface area (Å²) in [6.07, 6.45) is 0. The van der Waals surface area contributed by atoms with Crippen molar-refractivity contribution in [2.75, 3.05) is 4.90 Å². The van der Waals surface area contributed by atoms with Gasteiger partial charge in [-0.05, 0) is 71.3 Å². The molecule has 276 valence electrons. The summed E-state index contributed by atoms with van der Waals surface area (Å²) in [4.78, 5) is 2.42. The monoisotopic (exact) mass is 805 g/mol. The van der Waals surface area contributed by atoms with E-state index >= 15 is 0 Å². The summed E-state index contributed by atoms with van der Waals surface area (Å²) in [5.41, 5.74) is 9.91. The molecule has 0 saturated carbocycles. The van der Waals surface area contributed by atoms with Crippen LogP contribution in [0, 0.1) is 0 Å². The molecular weight excluding hydrogens is 775 g/mol. The summed E-state index contributed by atoms with van der Waals surface area (Å²) in [5.74, 6) is 0. The number of furan rings is 1. The highest BCUT2D eigenvalue weighted by Crippen LogP contribution is 2.49. The van der Waals surface area contributed by atoms with Crippen LogP contribution in [0.4, 0.5) is 17.1 Å². The van der Waals surface area contributed by atoms with Crippen molar-refractivity contribution in [3.05, 3.63) is 188 Å². The van der Waals surface area contributed by atoms with E-state index in [9.17, 15) is 0 Å². The predicted molar refractivity (Wildman–Crippen MR) is 258 cm³/mol. The van der Waals surface area contributed by atoms with Crippen LogP contribution in [0.15, 0.2) is 192 Å². The summed E-state index contributed by atoms with van der Waals surface area (Å²) in [7, 11) is 0. The number of thiophene rings is 3. The fourth-order valence-electron chi connectivity index (χ4n) is 9.18. The molecule has 0 atom stereocenters. The number of nitrogens with zero attached hydrogens (tertiary/aromatic N) is 1. The minimum absolute atomic E-state index is 0.912. The topological polar surface area (TPSA) is 16.4 Å². The van der Waals surface area contributed by atoms with Gasteiger partial charge in [0.15, 0.2) is 0 Å². The zero-order valence-corrected chi connectivity index (χ0v) is 33.9. The van der Waals surface area contributed by atoms with Gasteiger partial charge in [-0.25, -0.2) is 0 Å². The maximum atomic E-state index is 6.45. The first-order chi connectivity index (χ1) is 29.2. The van der Waals surface area contributed by atoms with Gasteiger partial charge in [0.1, 0.15) is 11.2 Å². The van der Waals surface area contributed by atoms with E-state index in [1.54, 1.807) is 0 Å². The number of benzene rings is 9. The number of para-hydroxylation sites is 2. The molecule has 0 aliphatic rings. The Labute approximate surface area is 351 Å². The smallest absolute Gasteiger partial charge is 0.143 e. The van der Waals surface area contributed by atoms with Crippen LogP contribution in [-0.2, 0) is 0 Å². The van der Waals surface area contributed by atoms with Gasteiger partial charge in [0.2, 0.25) is 0 Å². The van der Waals surface area contributed by atoms with Crippen molar-refractivity contribution >= 4 is 134 Å². The molecule has 0 amide bonds. The van der Waals surface area contributed by atoms with Crippen molar-refractivity contribution in [2.45, 2.75) is 0 Å². The average Bonchev–Trinajstić information content (AvgIpc) is 4.07. The first kappa shape index (κ1) is 33.2. The molecule has 0 N–H and O–H groups in total. The molecule has 13 rings (SSSR count). The standard InChI is InChI=1S/C54H31NOS3/c1-4-19-46-38(10-1)40-15-7-13-36(51(40)56-46)32-22-26-34(27-23-32)55(45-18-9-17-41-39-11-2-5-20-47(39)58-53(41)45)35-28-24-33(25-29-35)37-14-8-16-42-43-30-31-49-50(54(43)59-52(37)42)44-12-3-6-21-48(44)57-49/h1-31H. The van der Waals surface area contributed by atoms with Crippen LogP contribution in [0.25, 0.3) is 105 Å². The lowest BCUT2D eigenvalue weighted by Gasteiger charge is -2.26. The van der Waals surface area contributed by atoms with Crippen LogP contribution < -0.4 is 4.90 Å². The summed E-state index contributed by atoms with van der Waals surface area (Å²) in [6.45, 7) is 0. The van der Waals surface area contributed by atoms with Gasteiger partial charge in [-0.2, -0.15) is 0 Å². The lowest BCUT2D eigenvalue weighted by atomic mass is 10.0. The van der Waals surface area contributed by atoms with E-state index in [4.69, 9.17) is 4.42 Å². The zero-order chi connectivity index (χ0) is 38.6. The highest BCUT2D eigenvalue weighted by molar-refractivity contribution is 7.30. The molecule has 0 aliphatic carbocycles. The summed E-state index contributed by atoms with van der Waals surface area (Å²) in [6, 6.07) is 68.6. The summed E-state index contributed by atoms with van der Waals surface area (Å²) in [5, 5.41) is 10.2. The molecule has 0 fully saturated rings. The highest BCUT2D eigenvalue weighted by Gasteiger charge is 2.20. The quantitative estimate of drug-likeness (QED) is 0.172. The Balaban J connectivity index is 0.955. The Morgan fingerprint density at radius 2 is 0.915 bits per heavy atom. The molecule has 13 aromatic rings. The molecule has 59 heavy (non-hydrogen) atoms. The van der Waals surface area contributed by atoms with Gasteiger partial charge in [0.25, 0.3) is 0 Å². The van der Waals surface area contributed by atoms with Crippen molar-refractivity contribution < 1.29 is 4.42 Å². The number of rotatable bonds is 5. The lowest BCUT2D eigenvalue weighted by Crippen LogP contribution is -2.10. The molecule has 2 nitrogen and oxygen atoms in total. The minimum Gasteiger partial charge on any atom is -0.455 e. The Hall–Kier alpha value is -6.76. The van der Waals surface area contributed by atoms with Crippen molar-refractivity contribution in [1.29, 1.82) is 0 Å². The van der Waals surface area contributed by atoms with Crippen molar-refractivity contribution in [2.24, 2.45) is 0 Å². The van der Waals surface area contributed by atoms with Gasteiger partial charge in [-0.15, -0.1) is 34.0 Å². The van der Waals surface area contributed by atoms with E-state index in [2.05, 4.69) is 181 Å². The fourth-order valence-corrected chi connectivity index (χ4v) is 13.0. The number of anilines is 3. The number of hydrogen-bond acceptors (Lipinski definition) is 5. The van der Waals surface area contributed by atoms with Crippen LogP contribution in [0.3, 0.4) is 0 Å². The molecule has 5 heteroatoms. The zero-order valence-electron chi connectivity index (χ0n) is 31.5. The molecule has 0 radical (unpaired) electrons. The van der Waals surface area contributed by atoms with E-state index in [1.165, 1.54) is 77.3 Å². The van der Waals surface area contributed by atoms with Crippen molar-refractivity contribution in [1.82, 2.24) is 0 Å². The van der Waals surface area contributed by atoms with Crippen LogP contribution in [-0.4, -0.2) is 0 Å². The van der Waals surface area contributed by atoms with E-state index in [0.29, 0.717) is 0 Å². The molecule has 0 aliphatic heterocycles. The Bertz CT molecular complexity index is 3790. The molecule has 4 heterocycles. The first-order valence-electron chi connectivity index (χ1n) is 19.8. The first-order valence-corrected chi connectivity index (χ1v) is 22.3. The van der Waals surface area contributed by atoms with Gasteiger partial charge >= 0.3 is 0 Å². The molecule has 0 unspecified atom stereocenters. The van der Waals surface area contributed by atoms with E-state index in [0.717, 1.165) is 44.4 Å². The van der Waals surface area contributed by atoms with Gasteiger partial charge in [-0.3, -0.25) is 0 Å². The molecule has 0 spiro atoms. The predicted octanol–water partition coefficient (Wildman–Crippen LogP) is 17.5. The molecule has 4 aromatic heterocycles. The van der Waals surface area contributed by atoms with Gasteiger partial charge in [0, 0.05) is 83.5 Å². The second-order valence-electron chi connectivity index (χ2n) is 15.2. The largest absolute Gasteiger partial charge is 0.455 e. The Kier molecular flexibility index (Phi) is 7.25. The highest BCUT2D eigenvalue weighted by atomic mass is 32.1. The van der Waals surface area contributed by atoms with Gasteiger partial charge < -0.3 is 9.32 Å². The molecule has 0 bridgehead atoms. The third kappa shape index (κ3) is 5.02. The Morgan fingerprint density at radius 1 is 0.339 bits per heavy atom. The van der Waals surface area contributed by atoms with E-state index in [1.807, 2.05) is 46.1 Å². The second kappa shape index (κ2) is 12.9. The SMILES string of the molecule is c1ccc2c(c1)oc1c(-c3ccc(N(c4ccc(-c5cccc6c5sc5c6ccc6sc7ccccc7c65)cc4)c4cccc5c4sc4ccccc45)cc3)cccc12. The molecular formula is C54H31NOS3. The second-order valence-corrected chi connectivity index (χ2v) is 18.3. The minimum atomic E-state index is 0.912. The summed E-state index contributed by atoms with van der Waals surface area (Å²) < 4.78 is 14.4. The Morgan fingerprint density at radius 3 is 1.69 bits per heavy atom. The average molecular weight is 806 g/mol. The van der Waals surface area contributed by atoms with Gasteiger partial charge in [-0.1, -0.05) is 133 Å². The molecule has 0 saturated heterocycles. The maximum Gasteiger partial charge on any atom is 0.143 e. The van der Waals surface area contributed by atoms with Crippen LogP contribution in [0.1, 0.15) is 0 Å². The number of hydrogen-bond donors (Lipinski definition) is 0. The molecule has 9 aromatic carbocycles. The van der Waals surface area contributed by atoms with Crippen molar-refractivity contribution in [3.63, 3.8) is 0 Å². The van der Waals surface area contributed by atoms with Crippen LogP contribution in [0.2, 0.25) is 0 Å². The maximum absolute atomic E-state index is 6.45. The van der Waals surface area contributed by atoms with E-state index < -0.39 is 0 Å². The lowest BCUT2D eigenvalue weighted by molar-refractivity contribution is 0.670. The number of fused-ring (bicyclic) bond motifs is 13. The van der Waals surface area contributed by atoms with Crippen LogP contribution in [0.5, 0.6) is 0 Å². The van der Waals surface area contributed by atoms with Crippen LogP contribution >= 0.6 is 34.0 Å². The summed E-state index contributed by atoms with van der Waals surface area (Å²) >= 11 is 5.68. The van der Waals surface area contributed by atoms with Gasteiger partial charge in [0.05, 0.1) is 10.4 Å².